The van der Waals surface area contributed by atoms with Crippen molar-refractivity contribution in [2.75, 3.05) is 19.8 Å². The Kier molecular flexibility index (Phi) is 23.2. The highest BCUT2D eigenvalue weighted by Crippen LogP contribution is 2.15. The summed E-state index contributed by atoms with van der Waals surface area (Å²) >= 11 is 0. The Bertz CT molecular complexity index is 494. The first kappa shape index (κ1) is 33.5. The van der Waals surface area contributed by atoms with Gasteiger partial charge in [-0.25, -0.2) is 9.59 Å². The molecule has 0 rings (SSSR count). The molecule has 0 radical (unpaired) electrons. The lowest BCUT2D eigenvalue weighted by Crippen LogP contribution is -2.23. The fourth-order valence-electron chi connectivity index (χ4n) is 4.02. The zero-order valence-corrected chi connectivity index (χ0v) is 23.6. The number of carbonyl (C=O) groups excluding carboxylic acids is 2. The fourth-order valence-corrected chi connectivity index (χ4v) is 4.02. The molecule has 6 heteroatoms. The smallest absolute Gasteiger partial charge is 0.434 e. The third-order valence-corrected chi connectivity index (χ3v) is 6.41. The van der Waals surface area contributed by atoms with Gasteiger partial charge in [-0.3, -0.25) is 0 Å². The van der Waals surface area contributed by atoms with E-state index in [0.717, 1.165) is 50.9 Å². The van der Waals surface area contributed by atoms with Crippen molar-refractivity contribution in [3.8, 4) is 0 Å². The van der Waals surface area contributed by atoms with Crippen molar-refractivity contribution in [3.63, 3.8) is 0 Å². The fraction of sp³-hybridized carbons (Fsp3) is 0.931. The Hall–Kier alpha value is -1.46. The summed E-state index contributed by atoms with van der Waals surface area (Å²) in [6.07, 6.45) is 15.8. The lowest BCUT2D eigenvalue weighted by Gasteiger charge is -2.19. The van der Waals surface area contributed by atoms with Crippen LogP contribution in [0.5, 0.6) is 0 Å². The van der Waals surface area contributed by atoms with E-state index in [0.29, 0.717) is 32.0 Å². The van der Waals surface area contributed by atoms with Crippen molar-refractivity contribution in [1.29, 1.82) is 0 Å². The number of carbonyl (C=O) groups is 2. The number of rotatable bonds is 23. The van der Waals surface area contributed by atoms with Gasteiger partial charge in [0.1, 0.15) is 6.10 Å². The second-order valence-electron chi connectivity index (χ2n) is 10.3. The molecule has 2 unspecified atom stereocenters. The van der Waals surface area contributed by atoms with E-state index in [1.54, 1.807) is 0 Å². The van der Waals surface area contributed by atoms with Gasteiger partial charge in [-0.05, 0) is 31.1 Å². The molecule has 35 heavy (non-hydrogen) atoms. The molecule has 0 aliphatic heterocycles. The zero-order chi connectivity index (χ0) is 26.2. The van der Waals surface area contributed by atoms with Crippen LogP contribution in [-0.2, 0) is 18.9 Å². The average molecular weight is 501 g/mol. The molecule has 0 saturated heterocycles. The predicted octanol–water partition coefficient (Wildman–Crippen LogP) is 9.23. The Morgan fingerprint density at radius 1 is 0.600 bits per heavy atom. The molecule has 0 amide bonds. The minimum Gasteiger partial charge on any atom is -0.434 e. The maximum Gasteiger partial charge on any atom is 0.508 e. The third kappa shape index (κ3) is 22.7. The summed E-state index contributed by atoms with van der Waals surface area (Å²) in [6, 6.07) is 0. The standard InChI is InChI=1S/C29H56O6/c1-6-9-20-26(8-3)24-34-29(31)35-27(18-7-2)21-23-33-28(30)32-22-17-15-13-11-10-12-14-16-19-25(4)5/h25-27H,6-24H2,1-5H3. The Balaban J connectivity index is 3.81. The monoisotopic (exact) mass is 500 g/mol. The molecule has 2 atom stereocenters. The number of hydrogen-bond acceptors (Lipinski definition) is 6. The van der Waals surface area contributed by atoms with Gasteiger partial charge in [0.25, 0.3) is 0 Å². The summed E-state index contributed by atoms with van der Waals surface area (Å²) < 4.78 is 21.1. The molecule has 0 spiro atoms. The Labute approximate surface area is 216 Å². The van der Waals surface area contributed by atoms with Gasteiger partial charge < -0.3 is 18.9 Å². The molecule has 0 aromatic carbocycles. The van der Waals surface area contributed by atoms with Crippen molar-refractivity contribution in [2.24, 2.45) is 11.8 Å². The van der Waals surface area contributed by atoms with Crippen LogP contribution in [0.4, 0.5) is 9.59 Å². The van der Waals surface area contributed by atoms with Crippen molar-refractivity contribution in [1.82, 2.24) is 0 Å². The van der Waals surface area contributed by atoms with E-state index in [9.17, 15) is 9.59 Å². The summed E-state index contributed by atoms with van der Waals surface area (Å²) in [7, 11) is 0. The van der Waals surface area contributed by atoms with Crippen LogP contribution in [0.3, 0.4) is 0 Å². The van der Waals surface area contributed by atoms with Crippen molar-refractivity contribution < 1.29 is 28.5 Å². The van der Waals surface area contributed by atoms with Gasteiger partial charge in [-0.1, -0.05) is 112 Å². The van der Waals surface area contributed by atoms with E-state index >= 15 is 0 Å². The molecule has 0 N–H and O–H groups in total. The minimum absolute atomic E-state index is 0.168. The summed E-state index contributed by atoms with van der Waals surface area (Å²) in [6.45, 7) is 11.8. The van der Waals surface area contributed by atoms with Crippen molar-refractivity contribution >= 4 is 12.3 Å². The van der Waals surface area contributed by atoms with Crippen LogP contribution in [-0.4, -0.2) is 38.2 Å². The first-order valence-electron chi connectivity index (χ1n) is 14.6. The molecule has 0 saturated carbocycles. The number of unbranched alkanes of at least 4 members (excludes halogenated alkanes) is 8. The van der Waals surface area contributed by atoms with Crippen LogP contribution >= 0.6 is 0 Å². The van der Waals surface area contributed by atoms with E-state index in [2.05, 4.69) is 27.7 Å². The second-order valence-corrected chi connectivity index (χ2v) is 10.3. The van der Waals surface area contributed by atoms with Gasteiger partial charge in [-0.2, -0.15) is 0 Å². The SMILES string of the molecule is CCCCC(CC)COC(=O)OC(CCC)CCOC(=O)OCCCCCCCCCCC(C)C. The van der Waals surface area contributed by atoms with E-state index < -0.39 is 12.3 Å². The Morgan fingerprint density at radius 3 is 1.83 bits per heavy atom. The van der Waals surface area contributed by atoms with Crippen LogP contribution < -0.4 is 0 Å². The highest BCUT2D eigenvalue weighted by Gasteiger charge is 2.17. The quantitative estimate of drug-likeness (QED) is 0.103. The lowest BCUT2D eigenvalue weighted by atomic mass is 10.0. The Morgan fingerprint density at radius 2 is 1.23 bits per heavy atom. The zero-order valence-electron chi connectivity index (χ0n) is 23.6. The van der Waals surface area contributed by atoms with Gasteiger partial charge in [0.05, 0.1) is 19.8 Å². The predicted molar refractivity (Wildman–Crippen MR) is 143 cm³/mol. The maximum absolute atomic E-state index is 12.1. The molecule has 0 fully saturated rings. The van der Waals surface area contributed by atoms with Crippen LogP contribution in [0.25, 0.3) is 0 Å². The van der Waals surface area contributed by atoms with Crippen LogP contribution in [0.15, 0.2) is 0 Å². The second kappa shape index (κ2) is 24.2. The van der Waals surface area contributed by atoms with Gasteiger partial charge in [0.2, 0.25) is 0 Å². The van der Waals surface area contributed by atoms with Gasteiger partial charge in [0.15, 0.2) is 0 Å². The van der Waals surface area contributed by atoms with Gasteiger partial charge in [0, 0.05) is 6.42 Å². The average Bonchev–Trinajstić information content (AvgIpc) is 2.82. The summed E-state index contributed by atoms with van der Waals surface area (Å²) in [5, 5.41) is 0. The molecule has 0 aromatic heterocycles. The number of hydrogen-bond donors (Lipinski definition) is 0. The first-order chi connectivity index (χ1) is 16.9. The minimum atomic E-state index is -0.644. The molecule has 0 aromatic rings. The maximum atomic E-state index is 12.1. The van der Waals surface area contributed by atoms with Gasteiger partial charge in [-0.15, -0.1) is 0 Å². The van der Waals surface area contributed by atoms with Crippen molar-refractivity contribution in [3.05, 3.63) is 0 Å². The van der Waals surface area contributed by atoms with Crippen LogP contribution in [0.1, 0.15) is 137 Å². The summed E-state index contributed by atoms with van der Waals surface area (Å²) in [4.78, 5) is 23.9. The summed E-state index contributed by atoms with van der Waals surface area (Å²) in [5.41, 5.74) is 0. The van der Waals surface area contributed by atoms with E-state index in [1.807, 2.05) is 6.92 Å². The molecule has 0 heterocycles. The molecule has 6 nitrogen and oxygen atoms in total. The van der Waals surface area contributed by atoms with E-state index in [4.69, 9.17) is 18.9 Å². The lowest BCUT2D eigenvalue weighted by molar-refractivity contribution is -0.00167. The van der Waals surface area contributed by atoms with Crippen molar-refractivity contribution in [2.45, 2.75) is 143 Å². The molecule has 0 bridgehead atoms. The number of ether oxygens (including phenoxy) is 4. The van der Waals surface area contributed by atoms with Crippen LogP contribution in [0, 0.1) is 11.8 Å². The van der Waals surface area contributed by atoms with Crippen LogP contribution in [0.2, 0.25) is 0 Å². The highest BCUT2D eigenvalue weighted by molar-refractivity contribution is 5.60. The topological polar surface area (TPSA) is 71.1 Å². The molecule has 0 aliphatic carbocycles. The normalized spacial score (nSPS) is 12.9. The molecular formula is C29H56O6. The summed E-state index contributed by atoms with van der Waals surface area (Å²) in [5.74, 6) is 1.19. The molecule has 0 aliphatic rings. The first-order valence-corrected chi connectivity index (χ1v) is 14.6. The molecule has 208 valence electrons. The largest absolute Gasteiger partial charge is 0.508 e. The van der Waals surface area contributed by atoms with E-state index in [1.165, 1.54) is 44.9 Å². The third-order valence-electron chi connectivity index (χ3n) is 6.41. The highest BCUT2D eigenvalue weighted by atomic mass is 16.7. The van der Waals surface area contributed by atoms with E-state index in [-0.39, 0.29) is 12.7 Å². The van der Waals surface area contributed by atoms with Gasteiger partial charge >= 0.3 is 12.3 Å². The molecular weight excluding hydrogens is 444 g/mol.